The Morgan fingerprint density at radius 3 is 2.03 bits per heavy atom. The molecule has 0 radical (unpaired) electrons. The predicted molar refractivity (Wildman–Crippen MR) is 257 cm³/mol. The molecule has 0 saturated carbocycles. The molecule has 8 aromatic rings. The van der Waals surface area contributed by atoms with E-state index < -0.39 is 0 Å². The Bertz CT molecular complexity index is 3240. The molecule has 300 valence electrons. The van der Waals surface area contributed by atoms with Gasteiger partial charge < -0.3 is 20.5 Å². The minimum atomic E-state index is -0.324. The van der Waals surface area contributed by atoms with Gasteiger partial charge in [0.05, 0.1) is 17.1 Å². The molecule has 3 N–H and O–H groups in total. The number of para-hydroxylation sites is 2. The number of hydrogen-bond acceptors (Lipinski definition) is 7. The summed E-state index contributed by atoms with van der Waals surface area (Å²) >= 11 is 0. The standard InChI is InChI=1S/C55H40N8/c1-2-9-38(10-3-1)52-60-53(62-54(61-52)40-23-27-43(28-24-40)63-50-13-6-4-11-44(50)45-12-5-7-14-51(45)63)39-19-15-35(16-20-39)41-21-17-36-25-29-46(58-48(36)33-41)42-22-18-37-26-30-47(59-49(37)34-42)55-56-31-8-32-57-55/h1-34,47-48,54,58-59H,(H,60,61,62). The SMILES string of the molecule is C1=CC2=CC=C(c3ccc4c(c3)NC(c3ncccn3)C=C4)NC2C=C1c1ccc(C2=NC(c3ccccc3)=NC(c3ccc(-n4c5ccccc5c5ccccc54)cc3)N2)cc1. The molecule has 3 atom stereocenters. The summed E-state index contributed by atoms with van der Waals surface area (Å²) in [6, 6.07) is 53.2. The third-order valence-corrected chi connectivity index (χ3v) is 12.2. The second-order valence-electron chi connectivity index (χ2n) is 16.1. The Labute approximate surface area is 364 Å². The molecule has 0 bridgehead atoms. The van der Waals surface area contributed by atoms with Crippen molar-refractivity contribution in [2.24, 2.45) is 9.98 Å². The first-order valence-electron chi connectivity index (χ1n) is 21.3. The number of allylic oxidation sites excluding steroid dienone is 4. The normalized spacial score (nSPS) is 18.7. The lowest BCUT2D eigenvalue weighted by atomic mass is 9.90. The number of fused-ring (bicyclic) bond motifs is 5. The van der Waals surface area contributed by atoms with Gasteiger partial charge in [0.25, 0.3) is 0 Å². The van der Waals surface area contributed by atoms with Crippen molar-refractivity contribution >= 4 is 56.5 Å². The van der Waals surface area contributed by atoms with Crippen LogP contribution in [0.3, 0.4) is 0 Å². The van der Waals surface area contributed by atoms with Gasteiger partial charge in [-0.05, 0) is 75.9 Å². The third-order valence-electron chi connectivity index (χ3n) is 12.2. The monoisotopic (exact) mass is 812 g/mol. The van der Waals surface area contributed by atoms with Crippen molar-refractivity contribution < 1.29 is 0 Å². The Kier molecular flexibility index (Phi) is 8.85. The number of rotatable bonds is 7. The molecule has 12 rings (SSSR count). The van der Waals surface area contributed by atoms with Crippen molar-refractivity contribution in [2.75, 3.05) is 5.32 Å². The maximum absolute atomic E-state index is 5.15. The molecule has 8 heteroatoms. The molecule has 0 saturated heterocycles. The lowest BCUT2D eigenvalue weighted by Gasteiger charge is -2.28. The highest BCUT2D eigenvalue weighted by molar-refractivity contribution is 6.13. The van der Waals surface area contributed by atoms with E-state index in [4.69, 9.17) is 9.98 Å². The van der Waals surface area contributed by atoms with Crippen LogP contribution in [0.4, 0.5) is 5.69 Å². The maximum Gasteiger partial charge on any atom is 0.159 e. The number of dihydropyridines is 1. The molecule has 2 aromatic heterocycles. The molecule has 0 fully saturated rings. The van der Waals surface area contributed by atoms with E-state index in [-0.39, 0.29) is 18.2 Å². The van der Waals surface area contributed by atoms with Crippen LogP contribution >= 0.6 is 0 Å². The molecule has 0 spiro atoms. The van der Waals surface area contributed by atoms with Crippen LogP contribution < -0.4 is 16.0 Å². The van der Waals surface area contributed by atoms with Gasteiger partial charge in [0.15, 0.2) is 11.7 Å². The Morgan fingerprint density at radius 1 is 0.540 bits per heavy atom. The van der Waals surface area contributed by atoms with Gasteiger partial charge in [0.2, 0.25) is 0 Å². The van der Waals surface area contributed by atoms with Crippen LogP contribution in [0.5, 0.6) is 0 Å². The van der Waals surface area contributed by atoms with E-state index in [2.05, 4.69) is 200 Å². The van der Waals surface area contributed by atoms with Crippen LogP contribution in [0, 0.1) is 0 Å². The summed E-state index contributed by atoms with van der Waals surface area (Å²) in [6.07, 6.45) is 18.6. The summed E-state index contributed by atoms with van der Waals surface area (Å²) in [5, 5.41) is 13.6. The van der Waals surface area contributed by atoms with Gasteiger partial charge in [-0.1, -0.05) is 152 Å². The fourth-order valence-electron chi connectivity index (χ4n) is 9.01. The van der Waals surface area contributed by atoms with Gasteiger partial charge >= 0.3 is 0 Å². The molecule has 5 heterocycles. The molecule has 3 unspecified atom stereocenters. The molecule has 6 aromatic carbocycles. The van der Waals surface area contributed by atoms with E-state index in [9.17, 15) is 0 Å². The smallest absolute Gasteiger partial charge is 0.159 e. The average molecular weight is 813 g/mol. The fourth-order valence-corrected chi connectivity index (χ4v) is 9.01. The summed E-state index contributed by atoms with van der Waals surface area (Å²) in [6.45, 7) is 0. The number of nitrogens with one attached hydrogen (secondary N) is 3. The topological polar surface area (TPSA) is 91.5 Å². The van der Waals surface area contributed by atoms with Crippen LogP contribution in [-0.2, 0) is 0 Å². The Morgan fingerprint density at radius 2 is 1.25 bits per heavy atom. The highest BCUT2D eigenvalue weighted by atomic mass is 15.2. The number of anilines is 1. The zero-order chi connectivity index (χ0) is 41.7. The first kappa shape index (κ1) is 36.5. The summed E-state index contributed by atoms with van der Waals surface area (Å²) < 4.78 is 2.34. The summed E-state index contributed by atoms with van der Waals surface area (Å²) in [7, 11) is 0. The zero-order valence-electron chi connectivity index (χ0n) is 34.1. The first-order valence-corrected chi connectivity index (χ1v) is 21.3. The largest absolute Gasteiger partial charge is 0.374 e. The Hall–Kier alpha value is -8.36. The quantitative estimate of drug-likeness (QED) is 0.149. The van der Waals surface area contributed by atoms with E-state index in [0.717, 1.165) is 67.7 Å². The molecular formula is C55H40N8. The van der Waals surface area contributed by atoms with Crippen LogP contribution in [0.25, 0.3) is 44.8 Å². The van der Waals surface area contributed by atoms with Gasteiger partial charge in [0, 0.05) is 51.4 Å². The third kappa shape index (κ3) is 6.74. The van der Waals surface area contributed by atoms with E-state index in [1.807, 2.05) is 24.3 Å². The van der Waals surface area contributed by atoms with Crippen molar-refractivity contribution in [1.29, 1.82) is 0 Å². The lowest BCUT2D eigenvalue weighted by Crippen LogP contribution is -2.33. The van der Waals surface area contributed by atoms with E-state index in [1.165, 1.54) is 27.4 Å². The molecular weight excluding hydrogens is 773 g/mol. The molecule has 1 aliphatic carbocycles. The van der Waals surface area contributed by atoms with Gasteiger partial charge in [-0.25, -0.2) is 20.0 Å². The zero-order valence-corrected chi connectivity index (χ0v) is 34.1. The van der Waals surface area contributed by atoms with Gasteiger partial charge in [-0.3, -0.25) is 0 Å². The maximum atomic E-state index is 5.15. The highest BCUT2D eigenvalue weighted by Crippen LogP contribution is 2.35. The van der Waals surface area contributed by atoms with Crippen molar-refractivity contribution in [3.63, 3.8) is 0 Å². The van der Waals surface area contributed by atoms with E-state index in [0.29, 0.717) is 5.84 Å². The lowest BCUT2D eigenvalue weighted by molar-refractivity contribution is 0.674. The van der Waals surface area contributed by atoms with Crippen molar-refractivity contribution in [1.82, 2.24) is 25.2 Å². The molecule has 3 aliphatic heterocycles. The molecule has 63 heavy (non-hydrogen) atoms. The summed E-state index contributed by atoms with van der Waals surface area (Å²) in [5.74, 6) is 2.24. The second kappa shape index (κ2) is 15.3. The van der Waals surface area contributed by atoms with Crippen LogP contribution in [0.2, 0.25) is 0 Å². The number of hydrogen-bond donors (Lipinski definition) is 3. The Balaban J connectivity index is 0.791. The van der Waals surface area contributed by atoms with Gasteiger partial charge in [-0.2, -0.15) is 0 Å². The van der Waals surface area contributed by atoms with Crippen molar-refractivity contribution in [3.05, 3.63) is 245 Å². The molecule has 8 nitrogen and oxygen atoms in total. The number of aromatic nitrogens is 3. The van der Waals surface area contributed by atoms with Crippen molar-refractivity contribution in [2.45, 2.75) is 18.2 Å². The first-order chi connectivity index (χ1) is 31.2. The summed E-state index contributed by atoms with van der Waals surface area (Å²) in [4.78, 5) is 19.2. The van der Waals surface area contributed by atoms with Crippen LogP contribution in [0.1, 0.15) is 51.4 Å². The fraction of sp³-hybridized carbons (Fsp3) is 0.0545. The minimum Gasteiger partial charge on any atom is -0.374 e. The van der Waals surface area contributed by atoms with Gasteiger partial charge in [0.1, 0.15) is 18.0 Å². The van der Waals surface area contributed by atoms with E-state index >= 15 is 0 Å². The van der Waals surface area contributed by atoms with Crippen LogP contribution in [-0.4, -0.2) is 32.2 Å². The number of aliphatic imine (C=N–C) groups is 2. The number of benzene rings is 6. The highest BCUT2D eigenvalue weighted by Gasteiger charge is 2.24. The van der Waals surface area contributed by atoms with Gasteiger partial charge in [-0.15, -0.1) is 0 Å². The average Bonchev–Trinajstić information content (AvgIpc) is 3.70. The van der Waals surface area contributed by atoms with Crippen LogP contribution in [0.15, 0.2) is 216 Å². The summed E-state index contributed by atoms with van der Waals surface area (Å²) in [5.41, 5.74) is 14.4. The van der Waals surface area contributed by atoms with E-state index in [1.54, 1.807) is 12.4 Å². The number of amidine groups is 2. The minimum absolute atomic E-state index is 0.0372. The number of nitrogens with zero attached hydrogens (tertiary/aromatic N) is 5. The predicted octanol–water partition coefficient (Wildman–Crippen LogP) is 11.1. The van der Waals surface area contributed by atoms with Crippen molar-refractivity contribution in [3.8, 4) is 5.69 Å². The molecule has 4 aliphatic rings. The molecule has 0 amide bonds. The second-order valence-corrected chi connectivity index (χ2v) is 16.1.